The Hall–Kier alpha value is -1.40. The molecule has 1 aromatic rings. The average molecular weight is 297 g/mol. The van der Waals surface area contributed by atoms with E-state index in [1.165, 1.54) is 11.3 Å². The Bertz CT molecular complexity index is 407. The molecule has 1 atom stereocenters. The summed E-state index contributed by atoms with van der Waals surface area (Å²) in [5.41, 5.74) is 0.680. The van der Waals surface area contributed by atoms with Crippen molar-refractivity contribution in [3.05, 3.63) is 22.4 Å². The summed E-state index contributed by atoms with van der Waals surface area (Å²) in [7, 11) is 0. The molecule has 3 N–H and O–H groups in total. The first-order valence-electron chi connectivity index (χ1n) is 6.94. The maximum absolute atomic E-state index is 11.6. The molecule has 0 aliphatic rings. The summed E-state index contributed by atoms with van der Waals surface area (Å²) >= 11 is 1.49. The van der Waals surface area contributed by atoms with E-state index in [1.54, 1.807) is 6.07 Å². The van der Waals surface area contributed by atoms with Gasteiger partial charge in [-0.3, -0.25) is 9.59 Å². The van der Waals surface area contributed by atoms with Crippen LogP contribution in [0.1, 0.15) is 37.0 Å². The Labute approximate surface area is 124 Å². The van der Waals surface area contributed by atoms with Gasteiger partial charge in [0.25, 0.3) is 5.91 Å². The zero-order valence-corrected chi connectivity index (χ0v) is 12.9. The summed E-state index contributed by atoms with van der Waals surface area (Å²) < 4.78 is 0. The van der Waals surface area contributed by atoms with Crippen molar-refractivity contribution in [1.29, 1.82) is 0 Å². The van der Waals surface area contributed by atoms with Crippen LogP contribution in [-0.2, 0) is 4.79 Å². The molecular weight excluding hydrogens is 274 g/mol. The van der Waals surface area contributed by atoms with Gasteiger partial charge >= 0.3 is 0 Å². The van der Waals surface area contributed by atoms with Crippen LogP contribution in [-0.4, -0.2) is 37.5 Å². The highest BCUT2D eigenvalue weighted by molar-refractivity contribution is 7.08. The van der Waals surface area contributed by atoms with Gasteiger partial charge in [-0.25, -0.2) is 0 Å². The second-order valence-corrected chi connectivity index (χ2v) is 5.41. The topological polar surface area (TPSA) is 70.2 Å². The molecule has 0 fully saturated rings. The van der Waals surface area contributed by atoms with Crippen molar-refractivity contribution < 1.29 is 9.59 Å². The van der Waals surface area contributed by atoms with Gasteiger partial charge in [0.15, 0.2) is 0 Å². The zero-order valence-electron chi connectivity index (χ0n) is 12.1. The molecule has 1 heterocycles. The van der Waals surface area contributed by atoms with E-state index in [4.69, 9.17) is 0 Å². The number of thiophene rings is 1. The van der Waals surface area contributed by atoms with Crippen LogP contribution < -0.4 is 16.0 Å². The number of rotatable bonds is 9. The van der Waals surface area contributed by atoms with Crippen LogP contribution in [0.4, 0.5) is 0 Å². The number of hydrogen-bond acceptors (Lipinski definition) is 4. The lowest BCUT2D eigenvalue weighted by Gasteiger charge is -2.13. The summed E-state index contributed by atoms with van der Waals surface area (Å²) in [6.45, 7) is 6.11. The highest BCUT2D eigenvalue weighted by atomic mass is 32.1. The van der Waals surface area contributed by atoms with Gasteiger partial charge in [0.1, 0.15) is 0 Å². The Morgan fingerprint density at radius 2 is 2.15 bits per heavy atom. The van der Waals surface area contributed by atoms with Gasteiger partial charge in [-0.05, 0) is 31.3 Å². The summed E-state index contributed by atoms with van der Waals surface area (Å²) in [5.74, 6) is -0.0491. The molecule has 5 nitrogen and oxygen atoms in total. The van der Waals surface area contributed by atoms with Crippen molar-refractivity contribution in [1.82, 2.24) is 16.0 Å². The number of carbonyl (C=O) groups excluding carboxylic acids is 2. The Morgan fingerprint density at radius 3 is 2.80 bits per heavy atom. The molecule has 0 saturated carbocycles. The van der Waals surface area contributed by atoms with E-state index in [1.807, 2.05) is 24.6 Å². The van der Waals surface area contributed by atoms with Crippen LogP contribution in [0.3, 0.4) is 0 Å². The van der Waals surface area contributed by atoms with Crippen LogP contribution in [0.25, 0.3) is 0 Å². The number of hydrogen-bond donors (Lipinski definition) is 3. The molecule has 0 radical (unpaired) electrons. The summed E-state index contributed by atoms with van der Waals surface area (Å²) in [6.07, 6.45) is 1.08. The molecule has 112 valence electrons. The number of carbonyl (C=O) groups is 2. The van der Waals surface area contributed by atoms with Crippen LogP contribution >= 0.6 is 11.3 Å². The van der Waals surface area contributed by atoms with Crippen molar-refractivity contribution in [3.63, 3.8) is 0 Å². The molecule has 6 heteroatoms. The van der Waals surface area contributed by atoms with Crippen molar-refractivity contribution in [2.75, 3.05) is 19.6 Å². The fraction of sp³-hybridized carbons (Fsp3) is 0.571. The maximum Gasteiger partial charge on any atom is 0.252 e. The first-order valence-corrected chi connectivity index (χ1v) is 7.88. The van der Waals surface area contributed by atoms with Crippen LogP contribution in [0.15, 0.2) is 16.8 Å². The molecule has 0 bridgehead atoms. The summed E-state index contributed by atoms with van der Waals surface area (Å²) in [6, 6.07) is 2.07. The van der Waals surface area contributed by atoms with Crippen LogP contribution in [0.5, 0.6) is 0 Å². The van der Waals surface area contributed by atoms with E-state index in [-0.39, 0.29) is 17.9 Å². The SMILES string of the molecule is CCN[C@H](C)CNC(=O)CCCNC(=O)c1ccsc1. The van der Waals surface area contributed by atoms with Crippen molar-refractivity contribution in [2.24, 2.45) is 0 Å². The molecule has 0 unspecified atom stereocenters. The van der Waals surface area contributed by atoms with Crippen molar-refractivity contribution >= 4 is 23.2 Å². The molecule has 0 aliphatic carbocycles. The van der Waals surface area contributed by atoms with E-state index < -0.39 is 0 Å². The quantitative estimate of drug-likeness (QED) is 0.603. The van der Waals surface area contributed by atoms with E-state index in [0.29, 0.717) is 31.5 Å². The first kappa shape index (κ1) is 16.7. The fourth-order valence-corrected chi connectivity index (χ4v) is 2.36. The third kappa shape index (κ3) is 6.68. The van der Waals surface area contributed by atoms with Crippen LogP contribution in [0, 0.1) is 0 Å². The largest absolute Gasteiger partial charge is 0.355 e. The van der Waals surface area contributed by atoms with Crippen molar-refractivity contribution in [2.45, 2.75) is 32.7 Å². The number of likely N-dealkylation sites (N-methyl/N-ethyl adjacent to an activating group) is 1. The standard InChI is InChI=1S/C14H23N3O2S/c1-3-15-11(2)9-17-13(18)5-4-7-16-14(19)12-6-8-20-10-12/h6,8,10-11,15H,3-5,7,9H2,1-2H3,(H,16,19)(H,17,18)/t11-/m1/s1. The third-order valence-corrected chi connectivity index (χ3v) is 3.49. The average Bonchev–Trinajstić information content (AvgIpc) is 2.95. The predicted molar refractivity (Wildman–Crippen MR) is 82.0 cm³/mol. The van der Waals surface area contributed by atoms with Gasteiger partial charge in [0.2, 0.25) is 5.91 Å². The fourth-order valence-electron chi connectivity index (χ4n) is 1.72. The van der Waals surface area contributed by atoms with Gasteiger partial charge in [-0.2, -0.15) is 11.3 Å². The highest BCUT2D eigenvalue weighted by Crippen LogP contribution is 2.05. The zero-order chi connectivity index (χ0) is 14.8. The third-order valence-electron chi connectivity index (χ3n) is 2.81. The van der Waals surface area contributed by atoms with E-state index >= 15 is 0 Å². The first-order chi connectivity index (χ1) is 9.63. The molecule has 1 rings (SSSR count). The Kier molecular flexibility index (Phi) is 7.91. The lowest BCUT2D eigenvalue weighted by atomic mass is 10.2. The second kappa shape index (κ2) is 9.50. The maximum atomic E-state index is 11.6. The molecule has 0 aliphatic heterocycles. The Morgan fingerprint density at radius 1 is 1.35 bits per heavy atom. The second-order valence-electron chi connectivity index (χ2n) is 4.63. The number of nitrogens with one attached hydrogen (secondary N) is 3. The predicted octanol–water partition coefficient (Wildman–Crippen LogP) is 1.37. The van der Waals surface area contributed by atoms with Crippen LogP contribution in [0.2, 0.25) is 0 Å². The molecular formula is C14H23N3O2S. The van der Waals surface area contributed by atoms with E-state index in [2.05, 4.69) is 16.0 Å². The van der Waals surface area contributed by atoms with Gasteiger partial charge in [-0.1, -0.05) is 6.92 Å². The smallest absolute Gasteiger partial charge is 0.252 e. The van der Waals surface area contributed by atoms with Gasteiger partial charge in [-0.15, -0.1) is 0 Å². The lowest BCUT2D eigenvalue weighted by Crippen LogP contribution is -2.39. The molecule has 0 saturated heterocycles. The lowest BCUT2D eigenvalue weighted by molar-refractivity contribution is -0.121. The molecule has 0 aromatic carbocycles. The number of amides is 2. The molecule has 2 amide bonds. The molecule has 1 aromatic heterocycles. The normalized spacial score (nSPS) is 11.9. The minimum Gasteiger partial charge on any atom is -0.355 e. The summed E-state index contributed by atoms with van der Waals surface area (Å²) in [5, 5.41) is 12.6. The minimum absolute atomic E-state index is 0.0273. The van der Waals surface area contributed by atoms with Gasteiger partial charge in [0, 0.05) is 36.5 Å². The van der Waals surface area contributed by atoms with E-state index in [0.717, 1.165) is 6.54 Å². The minimum atomic E-state index is -0.0765. The monoisotopic (exact) mass is 297 g/mol. The highest BCUT2D eigenvalue weighted by Gasteiger charge is 2.06. The van der Waals surface area contributed by atoms with Gasteiger partial charge < -0.3 is 16.0 Å². The Balaban J connectivity index is 2.06. The molecule has 20 heavy (non-hydrogen) atoms. The van der Waals surface area contributed by atoms with E-state index in [9.17, 15) is 9.59 Å². The van der Waals surface area contributed by atoms with Crippen molar-refractivity contribution in [3.8, 4) is 0 Å². The molecule has 0 spiro atoms. The summed E-state index contributed by atoms with van der Waals surface area (Å²) in [4.78, 5) is 23.2. The van der Waals surface area contributed by atoms with Gasteiger partial charge in [0.05, 0.1) is 0 Å².